The molecule has 0 bridgehead atoms. The van der Waals surface area contributed by atoms with E-state index in [1.54, 1.807) is 0 Å². The molecule has 0 unspecified atom stereocenters. The second-order valence-corrected chi connectivity index (χ2v) is 1.34. The van der Waals surface area contributed by atoms with Crippen LogP contribution in [0.1, 0.15) is 0 Å². The van der Waals surface area contributed by atoms with Gasteiger partial charge in [0.1, 0.15) is 0 Å². The Morgan fingerprint density at radius 1 is 1.11 bits per heavy atom. The molecule has 3 N–H and O–H groups in total. The van der Waals surface area contributed by atoms with E-state index in [1.807, 2.05) is 0 Å². The summed E-state index contributed by atoms with van der Waals surface area (Å²) in [6.45, 7) is 0. The van der Waals surface area contributed by atoms with E-state index >= 15 is 0 Å². The zero-order valence-electron chi connectivity index (χ0n) is 4.14. The minimum absolute atomic E-state index is 0. The standard InChI is InChI=1S/Ca.Cr.H3O4P.2H2O/c;;1-5(2,3)4;;/h;;(H3,1,2,3,4);2*1H2/q+2;+3;;;/p-4. The Kier molecular flexibility index (Phi) is 42.8. The molecule has 0 rings (SSSR count). The van der Waals surface area contributed by atoms with Crippen molar-refractivity contribution in [3.05, 3.63) is 0 Å². The Bertz CT molecular complexity index is 59.2. The van der Waals surface area contributed by atoms with Gasteiger partial charge < -0.3 is 30.2 Å². The number of hydrogen-bond acceptors (Lipinski definition) is 5. The predicted octanol–water partition coefficient (Wildman–Crippen LogP) is -4.21. The van der Waals surface area contributed by atoms with Gasteiger partial charge in [-0.3, -0.25) is 0 Å². The van der Waals surface area contributed by atoms with Gasteiger partial charge in [0.05, 0.1) is 0 Å². The quantitative estimate of drug-likeness (QED) is 0.301. The number of hydrogen-bond donors (Lipinski definition) is 0. The van der Waals surface area contributed by atoms with Crippen LogP contribution in [0.15, 0.2) is 0 Å². The third-order valence-electron chi connectivity index (χ3n) is 0. The topological polar surface area (TPSA) is 148 Å². The molecule has 9 heteroatoms. The molecule has 0 atom stereocenters. The molecule has 0 aliphatic rings. The fourth-order valence-electron chi connectivity index (χ4n) is 0. The second-order valence-electron chi connectivity index (χ2n) is 0.447. The first kappa shape index (κ1) is 30.8. The molecule has 0 amide bonds. The van der Waals surface area contributed by atoms with Crippen molar-refractivity contribution >= 4 is 45.6 Å². The first-order chi connectivity index (χ1) is 2.00. The van der Waals surface area contributed by atoms with Crippen LogP contribution in [0.3, 0.4) is 0 Å². The SMILES string of the molecule is O.O=P([O-])([O-])[O-].[Ca+2].[Cr+3].[OH-]. The molecule has 6 nitrogen and oxygen atoms in total. The van der Waals surface area contributed by atoms with Crippen molar-refractivity contribution in [2.75, 3.05) is 0 Å². The van der Waals surface area contributed by atoms with Crippen LogP contribution in [-0.2, 0) is 21.9 Å². The van der Waals surface area contributed by atoms with E-state index in [0.29, 0.717) is 0 Å². The summed E-state index contributed by atoms with van der Waals surface area (Å²) in [4.78, 5) is 25.6. The first-order valence-electron chi connectivity index (χ1n) is 0.730. The number of rotatable bonds is 0. The molecule has 51 valence electrons. The van der Waals surface area contributed by atoms with Gasteiger partial charge in [-0.25, -0.2) is 0 Å². The van der Waals surface area contributed by atoms with Crippen LogP contribution in [-0.4, -0.2) is 48.7 Å². The van der Waals surface area contributed by atoms with Gasteiger partial charge in [0.25, 0.3) is 0 Å². The maximum Gasteiger partial charge on any atom is 3.00 e. The maximum absolute atomic E-state index is 8.55. The van der Waals surface area contributed by atoms with E-state index < -0.39 is 7.82 Å². The van der Waals surface area contributed by atoms with Crippen molar-refractivity contribution in [1.29, 1.82) is 0 Å². The third kappa shape index (κ3) is 181. The van der Waals surface area contributed by atoms with Crippen molar-refractivity contribution in [1.82, 2.24) is 0 Å². The molecule has 0 saturated heterocycles. The van der Waals surface area contributed by atoms with E-state index in [-0.39, 0.29) is 66.1 Å². The van der Waals surface area contributed by atoms with E-state index in [4.69, 9.17) is 19.2 Å². The summed E-state index contributed by atoms with van der Waals surface area (Å²) in [6.07, 6.45) is 0. The fourth-order valence-corrected chi connectivity index (χ4v) is 0. The summed E-state index contributed by atoms with van der Waals surface area (Å²) >= 11 is 0. The van der Waals surface area contributed by atoms with Gasteiger partial charge in [-0.2, -0.15) is 7.82 Å². The zero-order valence-corrected chi connectivity index (χ0v) is 8.52. The minimum Gasteiger partial charge on any atom is -0.870 e. The van der Waals surface area contributed by atoms with Crippen molar-refractivity contribution < 1.29 is 47.6 Å². The monoisotopic (exact) mass is 222 g/mol. The van der Waals surface area contributed by atoms with Gasteiger partial charge in [-0.05, 0) is 0 Å². The maximum atomic E-state index is 8.55. The third-order valence-corrected chi connectivity index (χ3v) is 0. The molecule has 0 saturated carbocycles. The van der Waals surface area contributed by atoms with E-state index in [0.717, 1.165) is 0 Å². The minimum atomic E-state index is -5.39. The van der Waals surface area contributed by atoms with Gasteiger partial charge >= 0.3 is 55.1 Å². The molecule has 0 spiro atoms. The normalized spacial score (nSPS) is 6.56. The second kappa shape index (κ2) is 12.5. The Labute approximate surface area is 92.3 Å². The Morgan fingerprint density at radius 2 is 1.11 bits per heavy atom. The van der Waals surface area contributed by atoms with Gasteiger partial charge in [-0.15, -0.1) is 0 Å². The summed E-state index contributed by atoms with van der Waals surface area (Å²) in [5, 5.41) is 0. The van der Waals surface area contributed by atoms with Crippen LogP contribution >= 0.6 is 7.82 Å². The predicted molar refractivity (Wildman–Crippen MR) is 18.9 cm³/mol. The first-order valence-corrected chi connectivity index (χ1v) is 2.19. The van der Waals surface area contributed by atoms with Crippen molar-refractivity contribution in [2.24, 2.45) is 0 Å². The Morgan fingerprint density at radius 3 is 1.11 bits per heavy atom. The largest absolute Gasteiger partial charge is 3.00 e. The molecular formula is H3CaCrO6P+. The molecular weight excluding hydrogens is 219 g/mol. The summed E-state index contributed by atoms with van der Waals surface area (Å²) in [5.41, 5.74) is 0. The van der Waals surface area contributed by atoms with Crippen molar-refractivity contribution in [2.45, 2.75) is 0 Å². The summed E-state index contributed by atoms with van der Waals surface area (Å²) in [5.74, 6) is 0. The Balaban J connectivity index is -0.0000000133. The van der Waals surface area contributed by atoms with Crippen molar-refractivity contribution in [3.8, 4) is 0 Å². The van der Waals surface area contributed by atoms with Gasteiger partial charge in [0.2, 0.25) is 0 Å². The van der Waals surface area contributed by atoms with Crippen LogP contribution in [0.5, 0.6) is 0 Å². The van der Waals surface area contributed by atoms with Crippen LogP contribution in [0, 0.1) is 0 Å². The average molecular weight is 222 g/mol. The molecule has 0 aliphatic heterocycles. The molecule has 0 aromatic heterocycles. The fraction of sp³-hybridized carbons (Fsp3) is 0. The molecule has 0 aromatic carbocycles. The smallest absolute Gasteiger partial charge is 0.870 e. The molecule has 1 radical (unpaired) electrons. The molecule has 0 heterocycles. The van der Waals surface area contributed by atoms with E-state index in [9.17, 15) is 0 Å². The van der Waals surface area contributed by atoms with Crippen molar-refractivity contribution in [3.63, 3.8) is 0 Å². The summed E-state index contributed by atoms with van der Waals surface area (Å²) in [7, 11) is -5.39. The van der Waals surface area contributed by atoms with Crippen LogP contribution in [0.25, 0.3) is 0 Å². The molecule has 0 aliphatic carbocycles. The average Bonchev–Trinajstić information content (AvgIpc) is 0.722. The molecule has 0 aromatic rings. The van der Waals surface area contributed by atoms with Gasteiger partial charge in [0, 0.05) is 0 Å². The van der Waals surface area contributed by atoms with Crippen LogP contribution in [0.2, 0.25) is 0 Å². The van der Waals surface area contributed by atoms with E-state index in [1.165, 1.54) is 0 Å². The molecule has 0 fully saturated rings. The van der Waals surface area contributed by atoms with Gasteiger partial charge in [0.15, 0.2) is 0 Å². The summed E-state index contributed by atoms with van der Waals surface area (Å²) in [6, 6.07) is 0. The zero-order chi connectivity index (χ0) is 4.50. The summed E-state index contributed by atoms with van der Waals surface area (Å²) < 4.78 is 8.55. The van der Waals surface area contributed by atoms with Gasteiger partial charge in [-0.1, -0.05) is 0 Å². The number of phosphoric acid groups is 1. The Hall–Kier alpha value is 1.82. The van der Waals surface area contributed by atoms with E-state index in [2.05, 4.69) is 0 Å². The van der Waals surface area contributed by atoms with Crippen LogP contribution < -0.4 is 14.7 Å². The van der Waals surface area contributed by atoms with Crippen LogP contribution in [0.4, 0.5) is 0 Å². The molecule has 9 heavy (non-hydrogen) atoms.